The predicted molar refractivity (Wildman–Crippen MR) is 109 cm³/mol. The van der Waals surface area contributed by atoms with Crippen LogP contribution in [0.15, 0.2) is 48.8 Å². The zero-order valence-electron chi connectivity index (χ0n) is 17.1. The molecule has 1 N–H and O–H groups in total. The molecule has 8 heteroatoms. The summed E-state index contributed by atoms with van der Waals surface area (Å²) >= 11 is 0. The summed E-state index contributed by atoms with van der Waals surface area (Å²) < 4.78 is 27.5. The Bertz CT molecular complexity index is 1080. The molecule has 1 aromatic carbocycles. The normalized spacial score (nSPS) is 10.2. The van der Waals surface area contributed by atoms with Gasteiger partial charge in [-0.15, -0.1) is 17.7 Å². The SMILES string of the molecule is O=C(O)c1ccccn1.[C-]#[N+]c1c(F)c[c-]c(-c2cc(CC(C)(C)C)ccn2)c1F.[Ir]. The van der Waals surface area contributed by atoms with Gasteiger partial charge >= 0.3 is 5.97 Å². The van der Waals surface area contributed by atoms with Crippen molar-refractivity contribution in [1.29, 1.82) is 0 Å². The molecule has 0 aliphatic carbocycles. The number of pyridine rings is 2. The summed E-state index contributed by atoms with van der Waals surface area (Å²) in [4.78, 5) is 20.7. The fraction of sp³-hybridized carbons (Fsp3) is 0.217. The Kier molecular flexibility index (Phi) is 9.57. The quantitative estimate of drug-likeness (QED) is 0.390. The molecule has 0 fully saturated rings. The van der Waals surface area contributed by atoms with E-state index >= 15 is 0 Å². The van der Waals surface area contributed by atoms with Crippen molar-refractivity contribution < 1.29 is 38.8 Å². The molecule has 0 aliphatic rings. The van der Waals surface area contributed by atoms with Crippen LogP contribution < -0.4 is 0 Å². The summed E-state index contributed by atoms with van der Waals surface area (Å²) in [7, 11) is 0. The fourth-order valence-corrected chi connectivity index (χ4v) is 2.60. The third kappa shape index (κ3) is 7.63. The van der Waals surface area contributed by atoms with E-state index in [0.29, 0.717) is 5.69 Å². The number of hydrogen-bond donors (Lipinski definition) is 1. The van der Waals surface area contributed by atoms with Gasteiger partial charge in [-0.1, -0.05) is 38.5 Å². The number of rotatable bonds is 3. The molecule has 0 aliphatic heterocycles. The van der Waals surface area contributed by atoms with E-state index < -0.39 is 23.3 Å². The van der Waals surface area contributed by atoms with Crippen molar-refractivity contribution in [2.24, 2.45) is 5.41 Å². The molecule has 0 saturated heterocycles. The largest absolute Gasteiger partial charge is 0.477 e. The second kappa shape index (κ2) is 11.4. The van der Waals surface area contributed by atoms with Crippen LogP contribution in [0.5, 0.6) is 0 Å². The van der Waals surface area contributed by atoms with Gasteiger partial charge in [0.15, 0.2) is 5.69 Å². The van der Waals surface area contributed by atoms with Crippen LogP contribution in [0.2, 0.25) is 0 Å². The number of benzene rings is 1. The summed E-state index contributed by atoms with van der Waals surface area (Å²) in [5, 5.41) is 8.32. The maximum absolute atomic E-state index is 14.2. The first-order valence-electron chi connectivity index (χ1n) is 8.99. The van der Waals surface area contributed by atoms with Crippen LogP contribution >= 0.6 is 0 Å². The Morgan fingerprint density at radius 2 is 1.90 bits per heavy atom. The van der Waals surface area contributed by atoms with E-state index in [1.165, 1.54) is 12.3 Å². The topological polar surface area (TPSA) is 67.4 Å². The van der Waals surface area contributed by atoms with Crippen molar-refractivity contribution in [3.05, 3.63) is 89.2 Å². The average Bonchev–Trinajstić information content (AvgIpc) is 2.68. The summed E-state index contributed by atoms with van der Waals surface area (Å²) in [5.41, 5.74) is 0.946. The minimum Gasteiger partial charge on any atom is -0.477 e. The van der Waals surface area contributed by atoms with E-state index in [2.05, 4.69) is 41.7 Å². The molecule has 0 atom stereocenters. The molecule has 3 aromatic rings. The molecule has 2 aromatic heterocycles. The molecular formula is C23H20F2IrN3O2-. The molecule has 31 heavy (non-hydrogen) atoms. The summed E-state index contributed by atoms with van der Waals surface area (Å²) in [6.45, 7) is 13.2. The van der Waals surface area contributed by atoms with Crippen molar-refractivity contribution in [2.75, 3.05) is 0 Å². The summed E-state index contributed by atoms with van der Waals surface area (Å²) in [6.07, 6.45) is 3.84. The number of carboxylic acid groups (broad SMARTS) is 1. The van der Waals surface area contributed by atoms with Gasteiger partial charge in [0.2, 0.25) is 0 Å². The molecule has 0 saturated carbocycles. The minimum absolute atomic E-state index is 0. The van der Waals surface area contributed by atoms with Crippen LogP contribution in [0.3, 0.4) is 0 Å². The van der Waals surface area contributed by atoms with E-state index in [0.717, 1.165) is 18.1 Å². The third-order valence-corrected chi connectivity index (χ3v) is 3.81. The molecule has 0 unspecified atom stereocenters. The Morgan fingerprint density at radius 1 is 1.19 bits per heavy atom. The van der Waals surface area contributed by atoms with Crippen molar-refractivity contribution in [3.8, 4) is 11.3 Å². The van der Waals surface area contributed by atoms with Crippen molar-refractivity contribution in [2.45, 2.75) is 27.2 Å². The smallest absolute Gasteiger partial charge is 0.354 e. The number of aromatic carboxylic acids is 1. The van der Waals surface area contributed by atoms with E-state index in [4.69, 9.17) is 11.7 Å². The number of hydrogen-bond acceptors (Lipinski definition) is 3. The van der Waals surface area contributed by atoms with Gasteiger partial charge in [-0.25, -0.2) is 9.78 Å². The standard InChI is InChI=1S/C17H15F2N2.C6H5NO2.Ir/c1-17(2,3)10-11-7-8-21-14(9-11)12-5-6-13(18)16(20-4)15(12)19;8-6(9)5-3-1-2-4-7-5;/h6-9H,10H2,1-3H3;1-4H,(H,8,9);/q-1;;. The van der Waals surface area contributed by atoms with Crippen LogP contribution in [-0.2, 0) is 26.5 Å². The molecule has 1 radical (unpaired) electrons. The van der Waals surface area contributed by atoms with Crippen molar-refractivity contribution in [1.82, 2.24) is 9.97 Å². The van der Waals surface area contributed by atoms with Crippen LogP contribution in [0.25, 0.3) is 16.1 Å². The number of carbonyl (C=O) groups is 1. The molecule has 5 nitrogen and oxygen atoms in total. The number of aromatic nitrogens is 2. The van der Waals surface area contributed by atoms with Crippen molar-refractivity contribution >= 4 is 11.7 Å². The maximum atomic E-state index is 14.2. The average molecular weight is 601 g/mol. The molecule has 2 heterocycles. The van der Waals surface area contributed by atoms with Crippen LogP contribution in [0, 0.1) is 29.7 Å². The van der Waals surface area contributed by atoms with E-state index in [-0.39, 0.29) is 36.8 Å². The van der Waals surface area contributed by atoms with Crippen LogP contribution in [0.4, 0.5) is 14.5 Å². The first-order chi connectivity index (χ1) is 14.1. The molecule has 3 rings (SSSR count). The van der Waals surface area contributed by atoms with Gasteiger partial charge < -0.3 is 10.1 Å². The van der Waals surface area contributed by atoms with Gasteiger partial charge in [-0.3, -0.25) is 13.6 Å². The number of carboxylic acids is 1. The van der Waals surface area contributed by atoms with E-state index in [1.807, 2.05) is 6.07 Å². The Hall–Kier alpha value is -3.01. The van der Waals surface area contributed by atoms with Gasteiger partial charge in [0, 0.05) is 44.1 Å². The third-order valence-electron chi connectivity index (χ3n) is 3.81. The zero-order valence-corrected chi connectivity index (χ0v) is 19.5. The maximum Gasteiger partial charge on any atom is 0.354 e. The fourth-order valence-electron chi connectivity index (χ4n) is 2.60. The Balaban J connectivity index is 0.000000404. The minimum atomic E-state index is -0.990. The van der Waals surface area contributed by atoms with Crippen LogP contribution in [0.1, 0.15) is 36.8 Å². The van der Waals surface area contributed by atoms with Gasteiger partial charge in [0.1, 0.15) is 5.69 Å². The number of halogens is 2. The second-order valence-electron chi connectivity index (χ2n) is 7.59. The summed E-state index contributed by atoms with van der Waals surface area (Å²) in [5.74, 6) is -2.81. The number of nitrogens with zero attached hydrogens (tertiary/aromatic N) is 3. The van der Waals surface area contributed by atoms with E-state index in [1.54, 1.807) is 24.4 Å². The van der Waals surface area contributed by atoms with E-state index in [9.17, 15) is 13.6 Å². The van der Waals surface area contributed by atoms with Crippen molar-refractivity contribution in [3.63, 3.8) is 0 Å². The Labute approximate surface area is 193 Å². The first-order valence-corrected chi connectivity index (χ1v) is 8.99. The van der Waals surface area contributed by atoms with Gasteiger partial charge in [-0.05, 0) is 35.7 Å². The van der Waals surface area contributed by atoms with Gasteiger partial charge in [0.25, 0.3) is 0 Å². The molecule has 163 valence electrons. The monoisotopic (exact) mass is 601 g/mol. The molecule has 0 bridgehead atoms. The first kappa shape index (κ1) is 26.0. The van der Waals surface area contributed by atoms with Crippen LogP contribution in [-0.4, -0.2) is 21.0 Å². The molecular weight excluding hydrogens is 580 g/mol. The second-order valence-corrected chi connectivity index (χ2v) is 7.59. The Morgan fingerprint density at radius 3 is 2.42 bits per heavy atom. The van der Waals surface area contributed by atoms with Gasteiger partial charge in [-0.2, -0.15) is 0 Å². The summed E-state index contributed by atoms with van der Waals surface area (Å²) in [6, 6.07) is 11.9. The molecule has 0 spiro atoms. The van der Waals surface area contributed by atoms with Gasteiger partial charge in [0.05, 0.1) is 6.57 Å². The zero-order chi connectivity index (χ0) is 22.3. The predicted octanol–water partition coefficient (Wildman–Crippen LogP) is 5.74. The molecule has 0 amide bonds.